The minimum Gasteiger partial charge on any atom is -0.449 e. The monoisotopic (exact) mass is 323 g/mol. The molecule has 0 bridgehead atoms. The number of nitrogens with one attached hydrogen (secondary N) is 1. The number of benzene rings is 1. The molecule has 1 N–H and O–H groups in total. The van der Waals surface area contributed by atoms with E-state index in [2.05, 4.69) is 12.2 Å². The van der Waals surface area contributed by atoms with Gasteiger partial charge < -0.3 is 10.1 Å². The molecule has 0 aliphatic heterocycles. The number of carbonyl (C=O) groups is 2. The van der Waals surface area contributed by atoms with Crippen LogP contribution in [0, 0.1) is 5.92 Å². The van der Waals surface area contributed by atoms with Gasteiger partial charge in [-0.2, -0.15) is 0 Å². The summed E-state index contributed by atoms with van der Waals surface area (Å²) in [5.41, 5.74) is 0.273. The lowest BCUT2D eigenvalue weighted by Gasteiger charge is -2.30. The molecule has 1 fully saturated rings. The van der Waals surface area contributed by atoms with E-state index < -0.39 is 12.1 Å². The fraction of sp³-hybridized carbons (Fsp3) is 0.529. The maximum atomic E-state index is 12.2. The number of ether oxygens (including phenoxy) is 1. The van der Waals surface area contributed by atoms with Gasteiger partial charge in [0.2, 0.25) is 0 Å². The van der Waals surface area contributed by atoms with E-state index in [1.165, 1.54) is 6.42 Å². The van der Waals surface area contributed by atoms with Crippen LogP contribution in [0.5, 0.6) is 0 Å². The van der Waals surface area contributed by atoms with Crippen molar-refractivity contribution in [3.8, 4) is 0 Å². The molecule has 0 spiro atoms. The van der Waals surface area contributed by atoms with Gasteiger partial charge in [-0.15, -0.1) is 0 Å². The van der Waals surface area contributed by atoms with E-state index in [9.17, 15) is 9.59 Å². The summed E-state index contributed by atoms with van der Waals surface area (Å²) >= 11 is 5.96. The average molecular weight is 324 g/mol. The average Bonchev–Trinajstić information content (AvgIpc) is 2.49. The van der Waals surface area contributed by atoms with E-state index in [-0.39, 0.29) is 17.5 Å². The Hall–Kier alpha value is -1.55. The van der Waals surface area contributed by atoms with E-state index in [1.807, 2.05) is 0 Å². The first-order valence-corrected chi connectivity index (χ1v) is 8.12. The van der Waals surface area contributed by atoms with Crippen molar-refractivity contribution in [2.75, 3.05) is 0 Å². The summed E-state index contributed by atoms with van der Waals surface area (Å²) in [4.78, 5) is 24.2. The van der Waals surface area contributed by atoms with Crippen molar-refractivity contribution in [3.63, 3.8) is 0 Å². The van der Waals surface area contributed by atoms with Crippen molar-refractivity contribution in [2.45, 2.75) is 51.7 Å². The lowest BCUT2D eigenvalue weighted by molar-refractivity contribution is -0.130. The third kappa shape index (κ3) is 4.23. The molecule has 120 valence electrons. The highest BCUT2D eigenvalue weighted by molar-refractivity contribution is 6.33. The largest absolute Gasteiger partial charge is 0.449 e. The molecule has 1 aliphatic rings. The van der Waals surface area contributed by atoms with Crippen molar-refractivity contribution in [1.29, 1.82) is 0 Å². The van der Waals surface area contributed by atoms with Crippen LogP contribution in [-0.4, -0.2) is 24.0 Å². The number of esters is 1. The van der Waals surface area contributed by atoms with Gasteiger partial charge in [0.1, 0.15) is 0 Å². The zero-order valence-electron chi connectivity index (χ0n) is 13.0. The second-order valence-electron chi connectivity index (χ2n) is 5.90. The molecule has 4 nitrogen and oxygen atoms in total. The Balaban J connectivity index is 1.91. The van der Waals surface area contributed by atoms with Crippen molar-refractivity contribution in [1.82, 2.24) is 5.32 Å². The summed E-state index contributed by atoms with van der Waals surface area (Å²) in [7, 11) is 0. The lowest BCUT2D eigenvalue weighted by atomic mass is 9.86. The SMILES string of the molecule is C[C@@H](OC(=O)c1ccccc1Cl)C(=O)N[C@H]1CCCC[C@@H]1C. The van der Waals surface area contributed by atoms with Crippen LogP contribution in [0.2, 0.25) is 5.02 Å². The van der Waals surface area contributed by atoms with Gasteiger partial charge >= 0.3 is 5.97 Å². The van der Waals surface area contributed by atoms with Crippen molar-refractivity contribution >= 4 is 23.5 Å². The fourth-order valence-corrected chi connectivity index (χ4v) is 2.95. The van der Waals surface area contributed by atoms with Crippen LogP contribution in [0.4, 0.5) is 0 Å². The molecule has 3 atom stereocenters. The maximum Gasteiger partial charge on any atom is 0.340 e. The lowest BCUT2D eigenvalue weighted by Crippen LogP contribution is -2.46. The number of amides is 1. The van der Waals surface area contributed by atoms with E-state index in [0.29, 0.717) is 10.9 Å². The second kappa shape index (κ2) is 7.63. The van der Waals surface area contributed by atoms with Gasteiger partial charge in [-0.1, -0.05) is 43.5 Å². The highest BCUT2D eigenvalue weighted by Gasteiger charge is 2.26. The molecule has 1 aromatic carbocycles. The standard InChI is InChI=1S/C17H22ClNO3/c1-11-7-3-6-10-15(11)19-16(20)12(2)22-17(21)13-8-4-5-9-14(13)18/h4-5,8-9,11-12,15H,3,6-7,10H2,1-2H3,(H,19,20)/t11-,12+,15-/m0/s1. The molecule has 1 saturated carbocycles. The number of carbonyl (C=O) groups excluding carboxylic acids is 2. The van der Waals surface area contributed by atoms with Gasteiger partial charge in [0.25, 0.3) is 5.91 Å². The van der Waals surface area contributed by atoms with Gasteiger partial charge in [0.15, 0.2) is 6.10 Å². The van der Waals surface area contributed by atoms with E-state index in [0.717, 1.165) is 19.3 Å². The summed E-state index contributed by atoms with van der Waals surface area (Å²) in [5, 5.41) is 3.31. The molecule has 1 amide bonds. The maximum absolute atomic E-state index is 12.2. The number of hydrogen-bond donors (Lipinski definition) is 1. The molecule has 0 unspecified atom stereocenters. The molecule has 1 aliphatic carbocycles. The van der Waals surface area contributed by atoms with Crippen molar-refractivity contribution in [3.05, 3.63) is 34.9 Å². The van der Waals surface area contributed by atoms with Gasteiger partial charge in [-0.05, 0) is 37.8 Å². The van der Waals surface area contributed by atoms with Crippen LogP contribution in [-0.2, 0) is 9.53 Å². The molecular formula is C17H22ClNO3. The highest BCUT2D eigenvalue weighted by Crippen LogP contribution is 2.24. The van der Waals surface area contributed by atoms with Crippen molar-refractivity contribution in [2.24, 2.45) is 5.92 Å². The predicted molar refractivity (Wildman–Crippen MR) is 85.9 cm³/mol. The quantitative estimate of drug-likeness (QED) is 0.862. The summed E-state index contributed by atoms with van der Waals surface area (Å²) in [5.74, 6) is -0.367. The van der Waals surface area contributed by atoms with Crippen molar-refractivity contribution < 1.29 is 14.3 Å². The normalized spacial score (nSPS) is 22.7. The molecule has 22 heavy (non-hydrogen) atoms. The van der Waals surface area contributed by atoms with Gasteiger partial charge in [-0.3, -0.25) is 4.79 Å². The van der Waals surface area contributed by atoms with E-state index in [4.69, 9.17) is 16.3 Å². The van der Waals surface area contributed by atoms with Gasteiger partial charge in [0, 0.05) is 6.04 Å². The molecule has 5 heteroatoms. The summed E-state index contributed by atoms with van der Waals surface area (Å²) in [6.07, 6.45) is 3.61. The Labute approximate surface area is 136 Å². The second-order valence-corrected chi connectivity index (χ2v) is 6.31. The topological polar surface area (TPSA) is 55.4 Å². The number of hydrogen-bond acceptors (Lipinski definition) is 3. The smallest absolute Gasteiger partial charge is 0.340 e. The first-order valence-electron chi connectivity index (χ1n) is 7.75. The summed E-state index contributed by atoms with van der Waals surface area (Å²) < 4.78 is 5.22. The summed E-state index contributed by atoms with van der Waals surface area (Å²) in [6.45, 7) is 3.72. The van der Waals surface area contributed by atoms with Gasteiger partial charge in [0.05, 0.1) is 10.6 Å². The molecule has 0 heterocycles. The molecule has 2 rings (SSSR count). The van der Waals surface area contributed by atoms with Crippen LogP contribution in [0.15, 0.2) is 24.3 Å². The minimum absolute atomic E-state index is 0.169. The van der Waals surface area contributed by atoms with E-state index >= 15 is 0 Å². The van der Waals surface area contributed by atoms with Crippen LogP contribution in [0.25, 0.3) is 0 Å². The Kier molecular flexibility index (Phi) is 5.83. The first-order chi connectivity index (χ1) is 10.5. The molecule has 0 saturated heterocycles. The molecule has 1 aromatic rings. The molecule has 0 aromatic heterocycles. The number of rotatable bonds is 4. The third-order valence-corrected chi connectivity index (χ3v) is 4.52. The predicted octanol–water partition coefficient (Wildman–Crippen LogP) is 3.58. The zero-order chi connectivity index (χ0) is 16.1. The highest BCUT2D eigenvalue weighted by atomic mass is 35.5. The van der Waals surface area contributed by atoms with Crippen LogP contribution in [0.3, 0.4) is 0 Å². The van der Waals surface area contributed by atoms with Crippen LogP contribution < -0.4 is 5.32 Å². The Bertz CT molecular complexity index is 546. The van der Waals surface area contributed by atoms with E-state index in [1.54, 1.807) is 31.2 Å². The van der Waals surface area contributed by atoms with Crippen LogP contribution in [0.1, 0.15) is 49.9 Å². The number of halogens is 1. The van der Waals surface area contributed by atoms with Gasteiger partial charge in [-0.25, -0.2) is 4.79 Å². The summed E-state index contributed by atoms with van der Waals surface area (Å²) in [6, 6.07) is 6.81. The molecule has 0 radical (unpaired) electrons. The Morgan fingerprint density at radius 3 is 2.64 bits per heavy atom. The first kappa shape index (κ1) is 16.8. The minimum atomic E-state index is -0.835. The Morgan fingerprint density at radius 1 is 1.27 bits per heavy atom. The Morgan fingerprint density at radius 2 is 1.95 bits per heavy atom. The third-order valence-electron chi connectivity index (χ3n) is 4.19. The fourth-order valence-electron chi connectivity index (χ4n) is 2.74. The zero-order valence-corrected chi connectivity index (χ0v) is 13.7. The molecular weight excluding hydrogens is 302 g/mol. The van der Waals surface area contributed by atoms with Crippen LogP contribution >= 0.6 is 11.6 Å².